The zero-order valence-corrected chi connectivity index (χ0v) is 13.5. The Morgan fingerprint density at radius 1 is 1.05 bits per heavy atom. The minimum Gasteiger partial charge on any atom is -0.341 e. The highest BCUT2D eigenvalue weighted by atomic mass is 32.2. The minimum atomic E-state index is -3.07. The molecule has 4 nitrogen and oxygen atoms in total. The molecule has 0 radical (unpaired) electrons. The van der Waals surface area contributed by atoms with Gasteiger partial charge >= 0.3 is 0 Å². The molecule has 0 bridgehead atoms. The maximum Gasteiger partial charge on any atom is 0.222 e. The molecule has 2 aliphatic rings. The van der Waals surface area contributed by atoms with Crippen LogP contribution in [0.3, 0.4) is 0 Å². The van der Waals surface area contributed by atoms with E-state index >= 15 is 0 Å². The third-order valence-electron chi connectivity index (χ3n) is 5.05. The molecule has 116 valence electrons. The normalized spacial score (nSPS) is 28.5. The standard InChI is InChI=1S/C15H27NO3S/c1-16(15(17)11-12-7-3-4-8-12)13-9-5-6-10-14(13)20(2,18)19/h12-14H,3-11H2,1-2H3/t13-,14+/m1/s1. The second-order valence-corrected chi connectivity index (χ2v) is 8.84. The van der Waals surface area contributed by atoms with Gasteiger partial charge in [0.1, 0.15) is 0 Å². The van der Waals surface area contributed by atoms with Crippen molar-refractivity contribution in [3.63, 3.8) is 0 Å². The average molecular weight is 301 g/mol. The fourth-order valence-electron chi connectivity index (χ4n) is 3.81. The molecule has 0 aliphatic heterocycles. The molecule has 5 heteroatoms. The molecule has 2 fully saturated rings. The summed E-state index contributed by atoms with van der Waals surface area (Å²) in [6.07, 6.45) is 10.2. The largest absolute Gasteiger partial charge is 0.341 e. The summed E-state index contributed by atoms with van der Waals surface area (Å²) in [5.74, 6) is 0.655. The molecule has 2 aliphatic carbocycles. The zero-order chi connectivity index (χ0) is 14.8. The highest BCUT2D eigenvalue weighted by Gasteiger charge is 2.37. The molecule has 0 spiro atoms. The summed E-state index contributed by atoms with van der Waals surface area (Å²) in [5, 5.41) is -0.367. The van der Waals surface area contributed by atoms with Gasteiger partial charge in [-0.25, -0.2) is 8.42 Å². The first kappa shape index (κ1) is 15.8. The van der Waals surface area contributed by atoms with Crippen LogP contribution in [0.5, 0.6) is 0 Å². The second kappa shape index (κ2) is 6.46. The van der Waals surface area contributed by atoms with Gasteiger partial charge in [0.2, 0.25) is 5.91 Å². The van der Waals surface area contributed by atoms with E-state index < -0.39 is 9.84 Å². The Bertz CT molecular complexity index is 440. The Morgan fingerprint density at radius 3 is 2.20 bits per heavy atom. The third-order valence-corrected chi connectivity index (χ3v) is 6.70. The lowest BCUT2D eigenvalue weighted by Gasteiger charge is -2.37. The summed E-state index contributed by atoms with van der Waals surface area (Å²) in [7, 11) is -1.28. The van der Waals surface area contributed by atoms with Crippen molar-refractivity contribution < 1.29 is 13.2 Å². The molecule has 0 aromatic rings. The van der Waals surface area contributed by atoms with Crippen molar-refractivity contribution in [3.05, 3.63) is 0 Å². The van der Waals surface area contributed by atoms with Crippen LogP contribution in [0.4, 0.5) is 0 Å². The fourth-order valence-corrected chi connectivity index (χ4v) is 5.29. The van der Waals surface area contributed by atoms with Crippen LogP contribution in [0, 0.1) is 5.92 Å². The Morgan fingerprint density at radius 2 is 1.60 bits per heavy atom. The number of carbonyl (C=O) groups excluding carboxylic acids is 1. The molecule has 0 aromatic carbocycles. The summed E-state index contributed by atoms with van der Waals surface area (Å²) >= 11 is 0. The minimum absolute atomic E-state index is 0.118. The summed E-state index contributed by atoms with van der Waals surface area (Å²) in [6, 6.07) is -0.118. The number of hydrogen-bond acceptors (Lipinski definition) is 3. The molecule has 2 atom stereocenters. The Labute approximate surface area is 122 Å². The molecular formula is C15H27NO3S. The van der Waals surface area contributed by atoms with Crippen LogP contribution in [-0.4, -0.2) is 43.8 Å². The smallest absolute Gasteiger partial charge is 0.222 e. The van der Waals surface area contributed by atoms with E-state index in [0.29, 0.717) is 18.8 Å². The van der Waals surface area contributed by atoms with E-state index in [1.807, 2.05) is 0 Å². The van der Waals surface area contributed by atoms with Gasteiger partial charge in [-0.15, -0.1) is 0 Å². The maximum atomic E-state index is 12.4. The number of hydrogen-bond donors (Lipinski definition) is 0. The molecule has 0 heterocycles. The summed E-state index contributed by atoms with van der Waals surface area (Å²) in [4.78, 5) is 14.1. The van der Waals surface area contributed by atoms with Gasteiger partial charge in [-0.05, 0) is 31.6 Å². The maximum absolute atomic E-state index is 12.4. The second-order valence-electron chi connectivity index (χ2n) is 6.58. The number of sulfone groups is 1. The van der Waals surface area contributed by atoms with E-state index in [1.54, 1.807) is 11.9 Å². The zero-order valence-electron chi connectivity index (χ0n) is 12.7. The number of amides is 1. The lowest BCUT2D eigenvalue weighted by Crippen LogP contribution is -2.49. The molecule has 2 saturated carbocycles. The predicted molar refractivity (Wildman–Crippen MR) is 80.2 cm³/mol. The van der Waals surface area contributed by atoms with Crippen molar-refractivity contribution in [1.82, 2.24) is 4.90 Å². The van der Waals surface area contributed by atoms with Crippen molar-refractivity contribution in [3.8, 4) is 0 Å². The van der Waals surface area contributed by atoms with E-state index in [9.17, 15) is 13.2 Å². The number of carbonyl (C=O) groups is 1. The number of nitrogens with zero attached hydrogens (tertiary/aromatic N) is 1. The SMILES string of the molecule is CN(C(=O)CC1CCCC1)[C@@H]1CCCC[C@@H]1S(C)(=O)=O. The van der Waals surface area contributed by atoms with E-state index in [4.69, 9.17) is 0 Å². The average Bonchev–Trinajstić information content (AvgIpc) is 2.89. The van der Waals surface area contributed by atoms with Crippen molar-refractivity contribution >= 4 is 15.7 Å². The molecule has 20 heavy (non-hydrogen) atoms. The van der Waals surface area contributed by atoms with Gasteiger partial charge in [0.25, 0.3) is 0 Å². The molecule has 0 aromatic heterocycles. The predicted octanol–water partition coefficient (Wildman–Crippen LogP) is 2.38. The van der Waals surface area contributed by atoms with E-state index in [0.717, 1.165) is 32.1 Å². The van der Waals surface area contributed by atoms with Crippen LogP contribution in [-0.2, 0) is 14.6 Å². The van der Waals surface area contributed by atoms with Crippen LogP contribution in [0.1, 0.15) is 57.8 Å². The first-order valence-corrected chi connectivity index (χ1v) is 9.79. The first-order chi connectivity index (χ1) is 9.39. The third kappa shape index (κ3) is 3.74. The monoisotopic (exact) mass is 301 g/mol. The van der Waals surface area contributed by atoms with Crippen LogP contribution >= 0.6 is 0 Å². The van der Waals surface area contributed by atoms with Crippen molar-refractivity contribution in [2.45, 2.75) is 69.1 Å². The Hall–Kier alpha value is -0.580. The molecule has 0 unspecified atom stereocenters. The number of rotatable bonds is 4. The van der Waals surface area contributed by atoms with Crippen LogP contribution < -0.4 is 0 Å². The molecule has 0 saturated heterocycles. The lowest BCUT2D eigenvalue weighted by atomic mass is 9.93. The fraction of sp³-hybridized carbons (Fsp3) is 0.933. The van der Waals surface area contributed by atoms with Crippen LogP contribution in [0.25, 0.3) is 0 Å². The van der Waals surface area contributed by atoms with Gasteiger partial charge in [-0.3, -0.25) is 4.79 Å². The van der Waals surface area contributed by atoms with Gasteiger partial charge in [0.15, 0.2) is 9.84 Å². The summed E-state index contributed by atoms with van der Waals surface area (Å²) < 4.78 is 23.9. The summed E-state index contributed by atoms with van der Waals surface area (Å²) in [6.45, 7) is 0. The van der Waals surface area contributed by atoms with Crippen molar-refractivity contribution in [2.24, 2.45) is 5.92 Å². The molecule has 2 rings (SSSR count). The molecule has 0 N–H and O–H groups in total. The lowest BCUT2D eigenvalue weighted by molar-refractivity contribution is -0.133. The summed E-state index contributed by atoms with van der Waals surface area (Å²) in [5.41, 5.74) is 0. The van der Waals surface area contributed by atoms with Gasteiger partial charge in [0.05, 0.1) is 5.25 Å². The van der Waals surface area contributed by atoms with E-state index in [2.05, 4.69) is 0 Å². The van der Waals surface area contributed by atoms with Gasteiger partial charge < -0.3 is 4.90 Å². The van der Waals surface area contributed by atoms with Gasteiger partial charge in [-0.1, -0.05) is 25.7 Å². The molecule has 1 amide bonds. The Kier molecular flexibility index (Phi) is 5.10. The van der Waals surface area contributed by atoms with E-state index in [-0.39, 0.29) is 17.2 Å². The van der Waals surface area contributed by atoms with Crippen molar-refractivity contribution in [2.75, 3.05) is 13.3 Å². The van der Waals surface area contributed by atoms with Crippen LogP contribution in [0.15, 0.2) is 0 Å². The quantitative estimate of drug-likeness (QED) is 0.801. The van der Waals surface area contributed by atoms with E-state index in [1.165, 1.54) is 19.1 Å². The highest BCUT2D eigenvalue weighted by Crippen LogP contribution is 2.31. The Balaban J connectivity index is 2.01. The van der Waals surface area contributed by atoms with Gasteiger partial charge in [0, 0.05) is 25.8 Å². The molecular weight excluding hydrogens is 274 g/mol. The van der Waals surface area contributed by atoms with Crippen LogP contribution in [0.2, 0.25) is 0 Å². The highest BCUT2D eigenvalue weighted by molar-refractivity contribution is 7.91. The first-order valence-electron chi connectivity index (χ1n) is 7.84. The van der Waals surface area contributed by atoms with Gasteiger partial charge in [-0.2, -0.15) is 0 Å². The topological polar surface area (TPSA) is 54.5 Å². The van der Waals surface area contributed by atoms with Crippen molar-refractivity contribution in [1.29, 1.82) is 0 Å².